The SMILES string of the molecule is CCCC(CBr)(CCC)COc1ccc(C)cc1OC. The van der Waals surface area contributed by atoms with Crippen LogP contribution in [-0.2, 0) is 0 Å². The first-order chi connectivity index (χ1) is 9.60. The van der Waals surface area contributed by atoms with Gasteiger partial charge in [-0.3, -0.25) is 0 Å². The molecular weight excluding hydrogens is 316 g/mol. The Balaban J connectivity index is 2.81. The van der Waals surface area contributed by atoms with Crippen LogP contribution in [0.2, 0.25) is 0 Å². The Hall–Kier alpha value is -0.700. The lowest BCUT2D eigenvalue weighted by atomic mass is 9.82. The number of halogens is 1. The van der Waals surface area contributed by atoms with Gasteiger partial charge in [-0.15, -0.1) is 0 Å². The van der Waals surface area contributed by atoms with Crippen molar-refractivity contribution in [2.75, 3.05) is 19.0 Å². The number of hydrogen-bond acceptors (Lipinski definition) is 2. The second-order valence-electron chi connectivity index (χ2n) is 5.58. The second kappa shape index (κ2) is 8.56. The fourth-order valence-corrected chi connectivity index (χ4v) is 3.35. The average molecular weight is 343 g/mol. The van der Waals surface area contributed by atoms with Crippen molar-refractivity contribution in [2.24, 2.45) is 5.41 Å². The molecular formula is C17H27BrO2. The van der Waals surface area contributed by atoms with Crippen LogP contribution in [0, 0.1) is 12.3 Å². The molecule has 0 amide bonds. The van der Waals surface area contributed by atoms with Gasteiger partial charge in [-0.2, -0.15) is 0 Å². The van der Waals surface area contributed by atoms with Crippen molar-refractivity contribution in [1.82, 2.24) is 0 Å². The lowest BCUT2D eigenvalue weighted by Crippen LogP contribution is -2.30. The first kappa shape index (κ1) is 17.4. The summed E-state index contributed by atoms with van der Waals surface area (Å²) in [4.78, 5) is 0. The Labute approximate surface area is 132 Å². The van der Waals surface area contributed by atoms with Gasteiger partial charge in [-0.05, 0) is 37.5 Å². The number of alkyl halides is 1. The zero-order chi connectivity index (χ0) is 15.0. The highest BCUT2D eigenvalue weighted by molar-refractivity contribution is 9.09. The maximum atomic E-state index is 6.09. The van der Waals surface area contributed by atoms with E-state index < -0.39 is 0 Å². The highest BCUT2D eigenvalue weighted by atomic mass is 79.9. The molecule has 0 aliphatic carbocycles. The summed E-state index contributed by atoms with van der Waals surface area (Å²) < 4.78 is 11.5. The van der Waals surface area contributed by atoms with Crippen LogP contribution in [0.25, 0.3) is 0 Å². The summed E-state index contributed by atoms with van der Waals surface area (Å²) in [5.41, 5.74) is 1.41. The lowest BCUT2D eigenvalue weighted by Gasteiger charge is -2.31. The standard InChI is InChI=1S/C17H27BrO2/c1-5-9-17(12-18,10-6-2)13-20-15-8-7-14(3)11-16(15)19-4/h7-8,11H,5-6,9-10,12-13H2,1-4H3. The summed E-state index contributed by atoms with van der Waals surface area (Å²) in [6.45, 7) is 7.27. The summed E-state index contributed by atoms with van der Waals surface area (Å²) in [7, 11) is 1.69. The Morgan fingerprint density at radius 3 is 2.25 bits per heavy atom. The first-order valence-corrected chi connectivity index (χ1v) is 8.56. The molecule has 114 valence electrons. The van der Waals surface area contributed by atoms with Crippen LogP contribution in [-0.4, -0.2) is 19.0 Å². The van der Waals surface area contributed by atoms with Gasteiger partial charge in [-0.1, -0.05) is 48.7 Å². The molecule has 0 spiro atoms. The molecule has 0 saturated heterocycles. The molecule has 1 aromatic rings. The summed E-state index contributed by atoms with van der Waals surface area (Å²) in [6.07, 6.45) is 4.72. The van der Waals surface area contributed by atoms with Crippen molar-refractivity contribution in [3.63, 3.8) is 0 Å². The van der Waals surface area contributed by atoms with Gasteiger partial charge in [0.05, 0.1) is 13.7 Å². The van der Waals surface area contributed by atoms with Gasteiger partial charge in [0.2, 0.25) is 0 Å². The van der Waals surface area contributed by atoms with Gasteiger partial charge in [0, 0.05) is 10.7 Å². The Morgan fingerprint density at radius 2 is 1.75 bits per heavy atom. The predicted molar refractivity (Wildman–Crippen MR) is 89.3 cm³/mol. The van der Waals surface area contributed by atoms with E-state index in [9.17, 15) is 0 Å². The Bertz CT molecular complexity index is 398. The normalized spacial score (nSPS) is 11.4. The van der Waals surface area contributed by atoms with E-state index in [4.69, 9.17) is 9.47 Å². The largest absolute Gasteiger partial charge is 0.493 e. The van der Waals surface area contributed by atoms with Crippen LogP contribution >= 0.6 is 15.9 Å². The molecule has 0 fully saturated rings. The average Bonchev–Trinajstić information content (AvgIpc) is 2.46. The highest BCUT2D eigenvalue weighted by Crippen LogP contribution is 2.35. The van der Waals surface area contributed by atoms with E-state index in [1.165, 1.54) is 31.2 Å². The molecule has 20 heavy (non-hydrogen) atoms. The summed E-state index contributed by atoms with van der Waals surface area (Å²) in [5.74, 6) is 1.66. The molecule has 1 rings (SSSR count). The van der Waals surface area contributed by atoms with Crippen LogP contribution < -0.4 is 9.47 Å². The van der Waals surface area contributed by atoms with Crippen LogP contribution in [0.15, 0.2) is 18.2 Å². The first-order valence-electron chi connectivity index (χ1n) is 7.44. The predicted octanol–water partition coefficient (Wildman–Crippen LogP) is 5.36. The molecule has 2 nitrogen and oxygen atoms in total. The number of hydrogen-bond donors (Lipinski definition) is 0. The maximum absolute atomic E-state index is 6.09. The van der Waals surface area contributed by atoms with Crippen molar-refractivity contribution in [1.29, 1.82) is 0 Å². The molecule has 0 saturated carbocycles. The number of rotatable bonds is 9. The van der Waals surface area contributed by atoms with Crippen molar-refractivity contribution < 1.29 is 9.47 Å². The Kier molecular flexibility index (Phi) is 7.42. The van der Waals surface area contributed by atoms with Crippen molar-refractivity contribution in [3.05, 3.63) is 23.8 Å². The maximum Gasteiger partial charge on any atom is 0.161 e. The van der Waals surface area contributed by atoms with Gasteiger partial charge in [0.1, 0.15) is 0 Å². The molecule has 0 N–H and O–H groups in total. The van der Waals surface area contributed by atoms with Gasteiger partial charge in [0.25, 0.3) is 0 Å². The highest BCUT2D eigenvalue weighted by Gasteiger charge is 2.28. The van der Waals surface area contributed by atoms with Gasteiger partial charge < -0.3 is 9.47 Å². The quantitative estimate of drug-likeness (QED) is 0.562. The van der Waals surface area contributed by atoms with E-state index in [2.05, 4.69) is 42.8 Å². The van der Waals surface area contributed by atoms with Gasteiger partial charge >= 0.3 is 0 Å². The number of ether oxygens (including phenoxy) is 2. The third-order valence-corrected chi connectivity index (χ3v) is 4.89. The molecule has 3 heteroatoms. The molecule has 0 bridgehead atoms. The minimum Gasteiger partial charge on any atom is -0.493 e. The molecule has 0 atom stereocenters. The minimum atomic E-state index is 0.222. The fraction of sp³-hybridized carbons (Fsp3) is 0.647. The van der Waals surface area contributed by atoms with E-state index in [0.29, 0.717) is 0 Å². The molecule has 0 aromatic heterocycles. The van der Waals surface area contributed by atoms with Crippen LogP contribution in [0.5, 0.6) is 11.5 Å². The van der Waals surface area contributed by atoms with E-state index >= 15 is 0 Å². The molecule has 0 unspecified atom stereocenters. The zero-order valence-electron chi connectivity index (χ0n) is 13.2. The van der Waals surface area contributed by atoms with Crippen LogP contribution in [0.3, 0.4) is 0 Å². The number of methoxy groups -OCH3 is 1. The molecule has 0 radical (unpaired) electrons. The van der Waals surface area contributed by atoms with Crippen LogP contribution in [0.1, 0.15) is 45.1 Å². The molecule has 0 heterocycles. The van der Waals surface area contributed by atoms with Crippen LogP contribution in [0.4, 0.5) is 0 Å². The van der Waals surface area contributed by atoms with E-state index in [1.807, 2.05) is 12.1 Å². The topological polar surface area (TPSA) is 18.5 Å². The third-order valence-electron chi connectivity index (χ3n) is 3.70. The van der Waals surface area contributed by atoms with Crippen molar-refractivity contribution in [2.45, 2.75) is 46.5 Å². The third kappa shape index (κ3) is 4.69. The number of benzene rings is 1. The van der Waals surface area contributed by atoms with E-state index in [1.54, 1.807) is 7.11 Å². The molecule has 0 aliphatic heterocycles. The summed E-state index contributed by atoms with van der Waals surface area (Å²) >= 11 is 3.68. The molecule has 0 aliphatic rings. The monoisotopic (exact) mass is 342 g/mol. The number of aryl methyl sites for hydroxylation is 1. The molecule has 1 aromatic carbocycles. The van der Waals surface area contributed by atoms with Crippen molar-refractivity contribution in [3.8, 4) is 11.5 Å². The van der Waals surface area contributed by atoms with E-state index in [-0.39, 0.29) is 5.41 Å². The Morgan fingerprint density at radius 1 is 1.10 bits per heavy atom. The summed E-state index contributed by atoms with van der Waals surface area (Å²) in [6, 6.07) is 6.09. The smallest absolute Gasteiger partial charge is 0.161 e. The van der Waals surface area contributed by atoms with Crippen molar-refractivity contribution >= 4 is 15.9 Å². The minimum absolute atomic E-state index is 0.222. The van der Waals surface area contributed by atoms with Gasteiger partial charge in [0.15, 0.2) is 11.5 Å². The second-order valence-corrected chi connectivity index (χ2v) is 6.14. The lowest BCUT2D eigenvalue weighted by molar-refractivity contribution is 0.141. The summed E-state index contributed by atoms with van der Waals surface area (Å²) in [5, 5.41) is 0.982. The zero-order valence-corrected chi connectivity index (χ0v) is 14.8. The van der Waals surface area contributed by atoms with E-state index in [0.717, 1.165) is 23.4 Å². The fourth-order valence-electron chi connectivity index (χ4n) is 2.63. The van der Waals surface area contributed by atoms with Gasteiger partial charge in [-0.25, -0.2) is 0 Å².